The number of carbonyl (C=O) groups excluding carboxylic acids is 1. The van der Waals surface area contributed by atoms with Crippen LogP contribution in [0.5, 0.6) is 0 Å². The Kier molecular flexibility index (Phi) is 5.13. The number of rotatable bonds is 6. The number of hydrogen-bond acceptors (Lipinski definition) is 3. The van der Waals surface area contributed by atoms with E-state index in [4.69, 9.17) is 11.6 Å². The van der Waals surface area contributed by atoms with Crippen LogP contribution >= 0.6 is 11.6 Å². The number of fused-ring (bicyclic) bond motifs is 1. The van der Waals surface area contributed by atoms with E-state index in [1.54, 1.807) is 12.1 Å². The minimum absolute atomic E-state index is 0.113. The molecule has 4 aliphatic carbocycles. The van der Waals surface area contributed by atoms with Crippen LogP contribution in [-0.4, -0.2) is 20.8 Å². The number of benzene rings is 1. The third-order valence-corrected chi connectivity index (χ3v) is 8.30. The summed E-state index contributed by atoms with van der Waals surface area (Å²) in [6.07, 6.45) is 10.9. The highest BCUT2D eigenvalue weighted by Crippen LogP contribution is 2.56. The first-order valence-electron chi connectivity index (χ1n) is 12.3. The van der Waals surface area contributed by atoms with E-state index in [1.807, 2.05) is 17.5 Å². The molecular formula is C27H31ClN4O. The number of halogens is 1. The second kappa shape index (κ2) is 8.05. The van der Waals surface area contributed by atoms with Gasteiger partial charge in [-0.3, -0.25) is 9.20 Å². The fourth-order valence-corrected chi connectivity index (χ4v) is 7.25. The summed E-state index contributed by atoms with van der Waals surface area (Å²) in [5.74, 6) is 2.68. The fourth-order valence-electron chi connectivity index (χ4n) is 7.10. The summed E-state index contributed by atoms with van der Waals surface area (Å²) < 4.78 is 1.82. The van der Waals surface area contributed by atoms with Gasteiger partial charge < -0.3 is 10.6 Å². The molecule has 0 saturated heterocycles. The Bertz CT molecular complexity index is 1160. The van der Waals surface area contributed by atoms with E-state index in [2.05, 4.69) is 39.9 Å². The number of nitrogens with zero attached hydrogens (tertiary/aromatic N) is 2. The average Bonchev–Trinajstić information content (AvgIpc) is 3.15. The molecular weight excluding hydrogens is 432 g/mol. The van der Waals surface area contributed by atoms with E-state index in [0.29, 0.717) is 34.9 Å². The van der Waals surface area contributed by atoms with Gasteiger partial charge in [0, 0.05) is 35.1 Å². The number of nitrogens with one attached hydrogen (secondary N) is 2. The van der Waals surface area contributed by atoms with Crippen molar-refractivity contribution < 1.29 is 4.79 Å². The van der Waals surface area contributed by atoms with Crippen LogP contribution in [0.1, 0.15) is 67.2 Å². The molecule has 33 heavy (non-hydrogen) atoms. The van der Waals surface area contributed by atoms with E-state index < -0.39 is 0 Å². The van der Waals surface area contributed by atoms with Gasteiger partial charge in [-0.1, -0.05) is 30.7 Å². The van der Waals surface area contributed by atoms with Crippen molar-refractivity contribution in [1.29, 1.82) is 0 Å². The number of carbonyl (C=O) groups is 1. The Balaban J connectivity index is 1.13. The van der Waals surface area contributed by atoms with Crippen LogP contribution in [0.3, 0.4) is 0 Å². The Labute approximate surface area is 199 Å². The molecule has 0 radical (unpaired) electrons. The molecule has 0 spiro atoms. The highest BCUT2D eigenvalue weighted by molar-refractivity contribution is 6.30. The van der Waals surface area contributed by atoms with Gasteiger partial charge in [0.25, 0.3) is 5.91 Å². The Morgan fingerprint density at radius 2 is 1.76 bits per heavy atom. The van der Waals surface area contributed by atoms with Gasteiger partial charge in [-0.2, -0.15) is 0 Å². The van der Waals surface area contributed by atoms with Crippen LogP contribution in [-0.2, 0) is 13.0 Å². The zero-order chi connectivity index (χ0) is 22.6. The Hall–Kier alpha value is -2.53. The van der Waals surface area contributed by atoms with E-state index in [-0.39, 0.29) is 5.91 Å². The van der Waals surface area contributed by atoms with E-state index in [9.17, 15) is 4.79 Å². The third kappa shape index (κ3) is 3.90. The Morgan fingerprint density at radius 1 is 1.09 bits per heavy atom. The van der Waals surface area contributed by atoms with Crippen molar-refractivity contribution in [3.8, 4) is 0 Å². The molecule has 2 N–H and O–H groups in total. The molecule has 172 valence electrons. The molecule has 4 bridgehead atoms. The minimum Gasteiger partial charge on any atom is -0.380 e. The predicted octanol–water partition coefficient (Wildman–Crippen LogP) is 5.86. The number of aryl methyl sites for hydroxylation is 1. The topological polar surface area (TPSA) is 58.4 Å². The quantitative estimate of drug-likeness (QED) is 0.482. The Morgan fingerprint density at radius 3 is 2.39 bits per heavy atom. The largest absolute Gasteiger partial charge is 0.380 e. The first-order valence-corrected chi connectivity index (χ1v) is 12.7. The fraction of sp³-hybridized carbons (Fsp3) is 0.481. The number of hydrogen-bond donors (Lipinski definition) is 2. The average molecular weight is 463 g/mol. The van der Waals surface area contributed by atoms with Crippen LogP contribution in [0.25, 0.3) is 5.65 Å². The number of amides is 1. The summed E-state index contributed by atoms with van der Waals surface area (Å²) in [5.41, 5.74) is 4.68. The monoisotopic (exact) mass is 462 g/mol. The predicted molar refractivity (Wildman–Crippen MR) is 132 cm³/mol. The summed E-state index contributed by atoms with van der Waals surface area (Å²) in [6, 6.07) is 12.2. The molecule has 4 fully saturated rings. The molecule has 2 heterocycles. The molecule has 4 aliphatic rings. The van der Waals surface area contributed by atoms with Gasteiger partial charge in [0.1, 0.15) is 11.3 Å². The van der Waals surface area contributed by atoms with Crippen molar-refractivity contribution in [3.05, 3.63) is 64.6 Å². The molecule has 1 amide bonds. The molecule has 4 saturated carbocycles. The molecule has 2 aromatic heterocycles. The van der Waals surface area contributed by atoms with Gasteiger partial charge in [0.2, 0.25) is 0 Å². The van der Waals surface area contributed by atoms with Crippen LogP contribution in [0.2, 0.25) is 5.02 Å². The van der Waals surface area contributed by atoms with Crippen molar-refractivity contribution in [1.82, 2.24) is 14.7 Å². The zero-order valence-electron chi connectivity index (χ0n) is 19.1. The second-order valence-electron chi connectivity index (χ2n) is 10.5. The van der Waals surface area contributed by atoms with Crippen LogP contribution in [0.4, 0.5) is 5.69 Å². The minimum atomic E-state index is -0.113. The zero-order valence-corrected chi connectivity index (χ0v) is 19.9. The maximum atomic E-state index is 13.0. The lowest BCUT2D eigenvalue weighted by Crippen LogP contribution is -2.54. The van der Waals surface area contributed by atoms with E-state index in [1.165, 1.54) is 44.2 Å². The maximum absolute atomic E-state index is 13.0. The van der Waals surface area contributed by atoms with Gasteiger partial charge in [0.05, 0.1) is 5.69 Å². The smallest absolute Gasteiger partial charge is 0.270 e. The number of anilines is 1. The number of imidazole rings is 1. The SMILES string of the molecule is CCc1nc2cc(Cl)ccn2c1C(=O)NCc1ccc(NC23CC4CC(CC(C4)C2)C3)cc1. The lowest BCUT2D eigenvalue weighted by molar-refractivity contribution is 0.0107. The van der Waals surface area contributed by atoms with Crippen LogP contribution in [0.15, 0.2) is 42.6 Å². The summed E-state index contributed by atoms with van der Waals surface area (Å²) in [5, 5.41) is 7.62. The first kappa shape index (κ1) is 21.0. The highest BCUT2D eigenvalue weighted by Gasteiger charge is 2.50. The molecule has 1 aromatic carbocycles. The molecule has 0 atom stereocenters. The summed E-state index contributed by atoms with van der Waals surface area (Å²) in [7, 11) is 0. The lowest BCUT2D eigenvalue weighted by atomic mass is 9.53. The van der Waals surface area contributed by atoms with Crippen molar-refractivity contribution >= 4 is 28.8 Å². The van der Waals surface area contributed by atoms with E-state index >= 15 is 0 Å². The maximum Gasteiger partial charge on any atom is 0.270 e. The van der Waals surface area contributed by atoms with Crippen LogP contribution in [0, 0.1) is 17.8 Å². The van der Waals surface area contributed by atoms with Crippen LogP contribution < -0.4 is 10.6 Å². The van der Waals surface area contributed by atoms with Gasteiger partial charge in [-0.25, -0.2) is 4.98 Å². The van der Waals surface area contributed by atoms with Gasteiger partial charge in [-0.05, 0) is 86.5 Å². The van der Waals surface area contributed by atoms with Gasteiger partial charge in [0.15, 0.2) is 0 Å². The van der Waals surface area contributed by atoms with Crippen molar-refractivity contribution in [2.24, 2.45) is 17.8 Å². The second-order valence-corrected chi connectivity index (χ2v) is 11.0. The molecule has 7 rings (SSSR count). The standard InChI is InChI=1S/C27H31ClN4O/c1-2-23-25(32-8-7-21(28)12-24(32)30-23)26(33)29-16-17-3-5-22(6-4-17)31-27-13-18-9-19(14-27)11-20(10-18)15-27/h3-8,12,18-20,31H,2,9-11,13-16H2,1H3,(H,29,33). The van der Waals surface area contributed by atoms with E-state index in [0.717, 1.165) is 29.0 Å². The van der Waals surface area contributed by atoms with Crippen molar-refractivity contribution in [2.75, 3.05) is 5.32 Å². The molecule has 0 unspecified atom stereocenters. The van der Waals surface area contributed by atoms with Crippen molar-refractivity contribution in [3.63, 3.8) is 0 Å². The van der Waals surface area contributed by atoms with Gasteiger partial charge >= 0.3 is 0 Å². The normalized spacial score (nSPS) is 27.8. The summed E-state index contributed by atoms with van der Waals surface area (Å²) >= 11 is 6.10. The number of aromatic nitrogens is 2. The molecule has 3 aromatic rings. The highest BCUT2D eigenvalue weighted by atomic mass is 35.5. The summed E-state index contributed by atoms with van der Waals surface area (Å²) in [6.45, 7) is 2.50. The third-order valence-electron chi connectivity index (χ3n) is 8.07. The summed E-state index contributed by atoms with van der Waals surface area (Å²) in [4.78, 5) is 17.6. The van der Waals surface area contributed by atoms with Crippen molar-refractivity contribution in [2.45, 2.75) is 64.0 Å². The molecule has 6 heteroatoms. The lowest BCUT2D eigenvalue weighted by Gasteiger charge is -2.57. The number of pyridine rings is 1. The molecule has 5 nitrogen and oxygen atoms in total. The molecule has 0 aliphatic heterocycles. The van der Waals surface area contributed by atoms with Gasteiger partial charge in [-0.15, -0.1) is 0 Å². The first-order chi connectivity index (χ1) is 16.0.